The van der Waals surface area contributed by atoms with Crippen LogP contribution in [0, 0.1) is 5.92 Å². The zero-order valence-corrected chi connectivity index (χ0v) is 11.4. The molecule has 1 aromatic heterocycles. The van der Waals surface area contributed by atoms with E-state index in [2.05, 4.69) is 16.7 Å². The van der Waals surface area contributed by atoms with Gasteiger partial charge in [0.2, 0.25) is 0 Å². The first-order valence-electron chi connectivity index (χ1n) is 6.82. The summed E-state index contributed by atoms with van der Waals surface area (Å²) in [5, 5.41) is 1.42. The van der Waals surface area contributed by atoms with Crippen LogP contribution in [0.15, 0.2) is 29.0 Å². The van der Waals surface area contributed by atoms with Crippen LogP contribution in [-0.2, 0) is 0 Å². The van der Waals surface area contributed by atoms with Crippen LogP contribution >= 0.6 is 11.8 Å². The van der Waals surface area contributed by atoms with Crippen molar-refractivity contribution in [3.8, 4) is 0 Å². The van der Waals surface area contributed by atoms with Gasteiger partial charge in [-0.25, -0.2) is 4.98 Å². The lowest BCUT2D eigenvalue weighted by Gasteiger charge is -2.26. The molecule has 4 heteroatoms. The highest BCUT2D eigenvalue weighted by molar-refractivity contribution is 8.00. The summed E-state index contributed by atoms with van der Waals surface area (Å²) in [7, 11) is 0. The number of Topliss-reactive ketones (excluding diaryl/α,β-unsaturated/α-hetero) is 1. The molecule has 2 aromatic rings. The lowest BCUT2D eigenvalue weighted by Crippen LogP contribution is -2.24. The molecular formula is C15H15NO2S. The number of ketones is 1. The molecule has 2 atom stereocenters. The molecule has 2 bridgehead atoms. The van der Waals surface area contributed by atoms with E-state index in [-0.39, 0.29) is 5.92 Å². The quantitative estimate of drug-likeness (QED) is 0.783. The average Bonchev–Trinajstić information content (AvgIpc) is 3.03. The number of nitrogens with zero attached hydrogens (tertiary/aromatic N) is 1. The molecule has 2 saturated heterocycles. The van der Waals surface area contributed by atoms with Gasteiger partial charge >= 0.3 is 0 Å². The van der Waals surface area contributed by atoms with Crippen molar-refractivity contribution in [2.45, 2.75) is 36.2 Å². The highest BCUT2D eigenvalue weighted by Gasteiger charge is 2.37. The van der Waals surface area contributed by atoms with Crippen molar-refractivity contribution in [1.82, 2.24) is 4.98 Å². The number of benzene rings is 1. The van der Waals surface area contributed by atoms with Gasteiger partial charge < -0.3 is 4.42 Å². The van der Waals surface area contributed by atoms with Crippen molar-refractivity contribution in [1.29, 1.82) is 0 Å². The fraction of sp³-hybridized carbons (Fsp3) is 0.467. The third kappa shape index (κ3) is 1.98. The fourth-order valence-corrected chi connectivity index (χ4v) is 5.09. The predicted octanol–water partition coefficient (Wildman–Crippen LogP) is 3.68. The summed E-state index contributed by atoms with van der Waals surface area (Å²) in [5.74, 6) is 0.505. The Bertz CT molecular complexity index is 624. The van der Waals surface area contributed by atoms with E-state index < -0.39 is 0 Å². The van der Waals surface area contributed by atoms with E-state index in [0.29, 0.717) is 16.3 Å². The lowest BCUT2D eigenvalue weighted by atomic mass is 9.90. The maximum atomic E-state index is 12.6. The Morgan fingerprint density at radius 1 is 1.26 bits per heavy atom. The van der Waals surface area contributed by atoms with Gasteiger partial charge in [-0.05, 0) is 43.9 Å². The number of oxazole rings is 1. The van der Waals surface area contributed by atoms with E-state index in [4.69, 9.17) is 4.42 Å². The smallest absolute Gasteiger partial charge is 0.181 e. The minimum atomic E-state index is 0.211. The Balaban J connectivity index is 1.62. The average molecular weight is 273 g/mol. The second-order valence-electron chi connectivity index (χ2n) is 5.52. The van der Waals surface area contributed by atoms with Gasteiger partial charge in [0.25, 0.3) is 0 Å². The third-order valence-corrected chi connectivity index (χ3v) is 5.90. The predicted molar refractivity (Wildman–Crippen MR) is 75.5 cm³/mol. The van der Waals surface area contributed by atoms with Gasteiger partial charge in [0.1, 0.15) is 5.52 Å². The maximum Gasteiger partial charge on any atom is 0.181 e. The van der Waals surface area contributed by atoms with Crippen LogP contribution in [0.25, 0.3) is 11.1 Å². The van der Waals surface area contributed by atoms with E-state index in [1.165, 1.54) is 19.2 Å². The molecule has 4 rings (SSSR count). The largest absolute Gasteiger partial charge is 0.443 e. The van der Waals surface area contributed by atoms with Crippen LogP contribution in [0.5, 0.6) is 0 Å². The summed E-state index contributed by atoms with van der Waals surface area (Å²) in [6.45, 7) is 0. The van der Waals surface area contributed by atoms with Crippen molar-refractivity contribution < 1.29 is 9.21 Å². The second kappa shape index (κ2) is 4.37. The Hall–Kier alpha value is -1.29. The summed E-state index contributed by atoms with van der Waals surface area (Å²) in [5.41, 5.74) is 2.31. The van der Waals surface area contributed by atoms with Crippen LogP contribution in [-0.4, -0.2) is 21.3 Å². The first-order chi connectivity index (χ1) is 9.29. The first kappa shape index (κ1) is 11.5. The normalized spacial score (nSPS) is 29.8. The third-order valence-electron chi connectivity index (χ3n) is 4.28. The summed E-state index contributed by atoms with van der Waals surface area (Å²) in [6, 6.07) is 5.59. The molecule has 98 valence electrons. The van der Waals surface area contributed by atoms with Gasteiger partial charge in [0.05, 0.1) is 0 Å². The van der Waals surface area contributed by atoms with Gasteiger partial charge in [-0.2, -0.15) is 11.8 Å². The van der Waals surface area contributed by atoms with E-state index in [1.807, 2.05) is 18.2 Å². The zero-order chi connectivity index (χ0) is 12.8. The van der Waals surface area contributed by atoms with E-state index in [1.54, 1.807) is 0 Å². The molecule has 2 aliphatic rings. The van der Waals surface area contributed by atoms with Crippen LogP contribution in [0.3, 0.4) is 0 Å². The summed E-state index contributed by atoms with van der Waals surface area (Å²) in [6.07, 6.45) is 6.12. The molecule has 2 aliphatic heterocycles. The molecule has 3 heterocycles. The van der Waals surface area contributed by atoms with Gasteiger partial charge in [-0.15, -0.1) is 0 Å². The van der Waals surface area contributed by atoms with Gasteiger partial charge in [0.15, 0.2) is 17.8 Å². The number of thioether (sulfide) groups is 1. The second-order valence-corrected chi connectivity index (χ2v) is 7.13. The van der Waals surface area contributed by atoms with Crippen molar-refractivity contribution in [2.24, 2.45) is 5.92 Å². The molecule has 0 saturated carbocycles. The molecule has 1 aromatic carbocycles. The van der Waals surface area contributed by atoms with E-state index in [9.17, 15) is 4.79 Å². The Morgan fingerprint density at radius 3 is 2.84 bits per heavy atom. The SMILES string of the molecule is O=C(c1ccc2ocnc2c1)C1CC2CCC(C1)S2. The van der Waals surface area contributed by atoms with E-state index in [0.717, 1.165) is 29.5 Å². The molecule has 0 amide bonds. The highest BCUT2D eigenvalue weighted by atomic mass is 32.2. The Morgan fingerprint density at radius 2 is 2.05 bits per heavy atom. The minimum Gasteiger partial charge on any atom is -0.443 e. The lowest BCUT2D eigenvalue weighted by molar-refractivity contribution is 0.0907. The number of hydrogen-bond donors (Lipinski definition) is 0. The molecule has 2 unspecified atom stereocenters. The molecular weight excluding hydrogens is 258 g/mol. The Labute approximate surface area is 115 Å². The minimum absolute atomic E-state index is 0.211. The number of carbonyl (C=O) groups is 1. The van der Waals surface area contributed by atoms with Crippen molar-refractivity contribution >= 4 is 28.6 Å². The highest BCUT2D eigenvalue weighted by Crippen LogP contribution is 2.46. The molecule has 0 aliphatic carbocycles. The van der Waals surface area contributed by atoms with Crippen LogP contribution in [0.2, 0.25) is 0 Å². The molecule has 3 nitrogen and oxygen atoms in total. The van der Waals surface area contributed by atoms with Gasteiger partial charge in [-0.3, -0.25) is 4.79 Å². The van der Waals surface area contributed by atoms with E-state index >= 15 is 0 Å². The van der Waals surface area contributed by atoms with Crippen LogP contribution < -0.4 is 0 Å². The fourth-order valence-electron chi connectivity index (χ4n) is 3.32. The first-order valence-corrected chi connectivity index (χ1v) is 7.77. The maximum absolute atomic E-state index is 12.6. The van der Waals surface area contributed by atoms with Gasteiger partial charge in [0, 0.05) is 22.0 Å². The number of carbonyl (C=O) groups excluding carboxylic acids is 1. The molecule has 0 N–H and O–H groups in total. The van der Waals surface area contributed by atoms with Crippen LogP contribution in [0.4, 0.5) is 0 Å². The molecule has 2 fully saturated rings. The van der Waals surface area contributed by atoms with Crippen LogP contribution in [0.1, 0.15) is 36.0 Å². The number of fused-ring (bicyclic) bond motifs is 3. The standard InChI is InChI=1S/C15H15NO2S/c17-15(10-5-11-2-3-12(6-10)19-11)9-1-4-14-13(7-9)16-8-18-14/h1,4,7-8,10-12H,2-3,5-6H2. The summed E-state index contributed by atoms with van der Waals surface area (Å²) < 4.78 is 5.22. The monoisotopic (exact) mass is 273 g/mol. The van der Waals surface area contributed by atoms with Crippen molar-refractivity contribution in [3.05, 3.63) is 30.2 Å². The number of hydrogen-bond acceptors (Lipinski definition) is 4. The van der Waals surface area contributed by atoms with Crippen molar-refractivity contribution in [2.75, 3.05) is 0 Å². The summed E-state index contributed by atoms with van der Waals surface area (Å²) >= 11 is 2.09. The zero-order valence-electron chi connectivity index (χ0n) is 10.5. The number of aromatic nitrogens is 1. The number of rotatable bonds is 2. The molecule has 0 radical (unpaired) electrons. The van der Waals surface area contributed by atoms with Gasteiger partial charge in [-0.1, -0.05) is 0 Å². The van der Waals surface area contributed by atoms with Crippen molar-refractivity contribution in [3.63, 3.8) is 0 Å². The molecule has 0 spiro atoms. The molecule has 19 heavy (non-hydrogen) atoms. The summed E-state index contributed by atoms with van der Waals surface area (Å²) in [4.78, 5) is 16.7. The Kier molecular flexibility index (Phi) is 2.65. The topological polar surface area (TPSA) is 43.1 Å².